The number of nitrogens with zero attached hydrogens (tertiary/aromatic N) is 2. The summed E-state index contributed by atoms with van der Waals surface area (Å²) in [6.45, 7) is 2.82. The number of hydrogen-bond donors (Lipinski definition) is 1. The third kappa shape index (κ3) is 5.90. The molecule has 0 aliphatic heterocycles. The van der Waals surface area contributed by atoms with E-state index in [9.17, 15) is 9.90 Å². The highest BCUT2D eigenvalue weighted by Crippen LogP contribution is 2.22. The minimum Gasteiger partial charge on any atom is -0.478 e. The van der Waals surface area contributed by atoms with E-state index in [4.69, 9.17) is 0 Å². The summed E-state index contributed by atoms with van der Waals surface area (Å²) < 4.78 is 2.15. The summed E-state index contributed by atoms with van der Waals surface area (Å²) in [7, 11) is 0. The van der Waals surface area contributed by atoms with Gasteiger partial charge in [-0.2, -0.15) is 0 Å². The Morgan fingerprint density at radius 1 is 0.882 bits per heavy atom. The zero-order valence-electron chi connectivity index (χ0n) is 19.5. The van der Waals surface area contributed by atoms with Crippen LogP contribution in [-0.2, 0) is 24.2 Å². The van der Waals surface area contributed by atoms with Gasteiger partial charge in [-0.15, -0.1) is 0 Å². The lowest BCUT2D eigenvalue weighted by molar-refractivity contribution is -0.132. The smallest absolute Gasteiger partial charge is 0.331 e. The van der Waals surface area contributed by atoms with Gasteiger partial charge in [0.15, 0.2) is 0 Å². The molecule has 0 unspecified atom stereocenters. The Labute approximate surface area is 201 Å². The van der Waals surface area contributed by atoms with Crippen molar-refractivity contribution in [1.29, 1.82) is 0 Å². The van der Waals surface area contributed by atoms with Crippen LogP contribution in [0.5, 0.6) is 0 Å². The summed E-state index contributed by atoms with van der Waals surface area (Å²) in [4.78, 5) is 16.7. The van der Waals surface area contributed by atoms with Gasteiger partial charge in [-0.25, -0.2) is 9.78 Å². The zero-order chi connectivity index (χ0) is 23.8. The first-order chi connectivity index (χ1) is 16.6. The van der Waals surface area contributed by atoms with Gasteiger partial charge in [-0.1, -0.05) is 98.3 Å². The highest BCUT2D eigenvalue weighted by atomic mass is 16.4. The molecule has 34 heavy (non-hydrogen) atoms. The molecule has 0 fully saturated rings. The van der Waals surface area contributed by atoms with Gasteiger partial charge in [-0.05, 0) is 34.8 Å². The Balaban J connectivity index is 1.63. The Hall–Kier alpha value is -3.92. The zero-order valence-corrected chi connectivity index (χ0v) is 19.5. The summed E-state index contributed by atoms with van der Waals surface area (Å²) >= 11 is 0. The minimum atomic E-state index is -0.904. The van der Waals surface area contributed by atoms with Crippen molar-refractivity contribution in [3.8, 4) is 11.1 Å². The molecule has 0 radical (unpaired) electrons. The van der Waals surface area contributed by atoms with Crippen LogP contribution < -0.4 is 0 Å². The maximum Gasteiger partial charge on any atom is 0.331 e. The first-order valence-electron chi connectivity index (χ1n) is 11.8. The van der Waals surface area contributed by atoms with E-state index in [1.165, 1.54) is 11.1 Å². The van der Waals surface area contributed by atoms with E-state index < -0.39 is 5.97 Å². The van der Waals surface area contributed by atoms with Crippen molar-refractivity contribution in [2.45, 2.75) is 39.2 Å². The van der Waals surface area contributed by atoms with Crippen molar-refractivity contribution in [3.63, 3.8) is 0 Å². The second kappa shape index (κ2) is 11.3. The summed E-state index contributed by atoms with van der Waals surface area (Å²) in [5.41, 5.74) is 5.68. The molecule has 4 heteroatoms. The molecule has 0 aliphatic rings. The van der Waals surface area contributed by atoms with Gasteiger partial charge in [0.1, 0.15) is 5.82 Å². The first-order valence-corrected chi connectivity index (χ1v) is 11.8. The highest BCUT2D eigenvalue weighted by molar-refractivity contribution is 5.92. The van der Waals surface area contributed by atoms with Crippen LogP contribution in [0.4, 0.5) is 0 Å². The Morgan fingerprint density at radius 3 is 2.18 bits per heavy atom. The minimum absolute atomic E-state index is 0.355. The van der Waals surface area contributed by atoms with E-state index in [1.807, 2.05) is 48.5 Å². The summed E-state index contributed by atoms with van der Waals surface area (Å²) in [6.07, 6.45) is 6.94. The molecule has 4 nitrogen and oxygen atoms in total. The van der Waals surface area contributed by atoms with Crippen molar-refractivity contribution in [1.82, 2.24) is 9.55 Å². The molecule has 0 bridgehead atoms. The van der Waals surface area contributed by atoms with Crippen LogP contribution in [0.25, 0.3) is 17.2 Å². The van der Waals surface area contributed by atoms with Crippen molar-refractivity contribution < 1.29 is 9.90 Å². The molecule has 4 aromatic rings. The molecule has 3 aromatic carbocycles. The van der Waals surface area contributed by atoms with Crippen LogP contribution in [-0.4, -0.2) is 20.6 Å². The van der Waals surface area contributed by atoms with Crippen LogP contribution in [0.1, 0.15) is 42.4 Å². The lowest BCUT2D eigenvalue weighted by atomic mass is 10.0. The lowest BCUT2D eigenvalue weighted by Gasteiger charge is -2.12. The number of unbranched alkanes of at least 4 members (excludes halogenated alkanes) is 1. The van der Waals surface area contributed by atoms with Gasteiger partial charge in [0.05, 0.1) is 11.9 Å². The maximum absolute atomic E-state index is 12.0. The third-order valence-electron chi connectivity index (χ3n) is 5.96. The molecule has 0 saturated heterocycles. The number of aryl methyl sites for hydroxylation is 1. The largest absolute Gasteiger partial charge is 0.478 e. The van der Waals surface area contributed by atoms with E-state index in [-0.39, 0.29) is 0 Å². The predicted octanol–water partition coefficient (Wildman–Crippen LogP) is 6.65. The Bertz CT molecular complexity index is 1240. The average Bonchev–Trinajstić information content (AvgIpc) is 3.24. The molecular weight excluding hydrogens is 420 g/mol. The molecule has 0 spiro atoms. The number of carboxylic acids is 1. The SMILES string of the molecule is CCCCc1ncc(/C=C(\Cc2ccccc2)C(=O)O)n1Cc1ccc(-c2ccccc2)cc1. The van der Waals surface area contributed by atoms with Gasteiger partial charge >= 0.3 is 5.97 Å². The number of aliphatic carboxylic acids is 1. The summed E-state index contributed by atoms with van der Waals surface area (Å²) in [5.74, 6) is 0.0867. The van der Waals surface area contributed by atoms with E-state index in [2.05, 4.69) is 52.9 Å². The maximum atomic E-state index is 12.0. The van der Waals surface area contributed by atoms with E-state index in [0.717, 1.165) is 41.9 Å². The summed E-state index contributed by atoms with van der Waals surface area (Å²) in [5, 5.41) is 9.87. The third-order valence-corrected chi connectivity index (χ3v) is 5.96. The standard InChI is InChI=1S/C30H30N2O2/c1-2-3-14-29-31-21-28(20-27(30(33)34)19-23-10-6-4-7-11-23)32(29)22-24-15-17-26(18-16-24)25-12-8-5-9-13-25/h4-13,15-18,20-21H,2-3,14,19,22H2,1H3,(H,33,34)/b27-20+. The number of imidazole rings is 1. The van der Waals surface area contributed by atoms with Crippen molar-refractivity contribution in [2.75, 3.05) is 0 Å². The van der Waals surface area contributed by atoms with Crippen LogP contribution in [0, 0.1) is 0 Å². The second-order valence-electron chi connectivity index (χ2n) is 8.49. The predicted molar refractivity (Wildman–Crippen MR) is 138 cm³/mol. The van der Waals surface area contributed by atoms with Crippen molar-refractivity contribution >= 4 is 12.0 Å². The molecule has 0 atom stereocenters. The Kier molecular flexibility index (Phi) is 7.71. The topological polar surface area (TPSA) is 55.1 Å². The normalized spacial score (nSPS) is 11.5. The molecule has 1 aromatic heterocycles. The van der Waals surface area contributed by atoms with Crippen molar-refractivity contribution in [2.24, 2.45) is 0 Å². The molecule has 0 amide bonds. The summed E-state index contributed by atoms with van der Waals surface area (Å²) in [6, 6.07) is 28.6. The highest BCUT2D eigenvalue weighted by Gasteiger charge is 2.14. The van der Waals surface area contributed by atoms with Crippen LogP contribution in [0.15, 0.2) is 96.7 Å². The van der Waals surface area contributed by atoms with E-state index in [0.29, 0.717) is 18.5 Å². The number of carbonyl (C=O) groups is 1. The number of hydrogen-bond acceptors (Lipinski definition) is 2. The van der Waals surface area contributed by atoms with Gasteiger partial charge in [0.2, 0.25) is 0 Å². The monoisotopic (exact) mass is 450 g/mol. The lowest BCUT2D eigenvalue weighted by Crippen LogP contribution is -2.09. The Morgan fingerprint density at radius 2 is 1.53 bits per heavy atom. The quantitative estimate of drug-likeness (QED) is 0.275. The molecular formula is C30H30N2O2. The molecule has 1 N–H and O–H groups in total. The van der Waals surface area contributed by atoms with Crippen LogP contribution in [0.3, 0.4) is 0 Å². The second-order valence-corrected chi connectivity index (χ2v) is 8.49. The van der Waals surface area contributed by atoms with Crippen LogP contribution in [0.2, 0.25) is 0 Å². The molecule has 172 valence electrons. The molecule has 1 heterocycles. The number of aromatic nitrogens is 2. The van der Waals surface area contributed by atoms with Gasteiger partial charge in [-0.3, -0.25) is 0 Å². The number of rotatable bonds is 10. The average molecular weight is 451 g/mol. The van der Waals surface area contributed by atoms with E-state index >= 15 is 0 Å². The van der Waals surface area contributed by atoms with Gasteiger partial charge in [0.25, 0.3) is 0 Å². The van der Waals surface area contributed by atoms with Gasteiger partial charge in [0, 0.05) is 25.0 Å². The first kappa shape index (κ1) is 23.2. The number of carboxylic acid groups (broad SMARTS) is 1. The molecule has 0 aliphatic carbocycles. The fourth-order valence-electron chi connectivity index (χ4n) is 4.06. The van der Waals surface area contributed by atoms with Crippen LogP contribution >= 0.6 is 0 Å². The molecule has 4 rings (SSSR count). The van der Waals surface area contributed by atoms with Crippen molar-refractivity contribution in [3.05, 3.63) is 119 Å². The fourth-order valence-corrected chi connectivity index (χ4v) is 4.06. The number of benzene rings is 3. The van der Waals surface area contributed by atoms with Gasteiger partial charge < -0.3 is 9.67 Å². The molecule has 0 saturated carbocycles. The van der Waals surface area contributed by atoms with E-state index in [1.54, 1.807) is 12.3 Å². The fraction of sp³-hybridized carbons (Fsp3) is 0.200.